The zero-order valence-electron chi connectivity index (χ0n) is 11.6. The largest absolute Gasteiger partial charge is 0.409 e. The van der Waals surface area contributed by atoms with Crippen LogP contribution in [-0.4, -0.2) is 23.8 Å². The highest BCUT2D eigenvalue weighted by Gasteiger charge is 2.42. The number of amidine groups is 1. The maximum Gasteiger partial charge on any atom is 0.400 e. The van der Waals surface area contributed by atoms with Crippen LogP contribution in [0.3, 0.4) is 0 Å². The molecule has 0 aliphatic carbocycles. The van der Waals surface area contributed by atoms with Gasteiger partial charge in [-0.25, -0.2) is 4.39 Å². The summed E-state index contributed by atoms with van der Waals surface area (Å²) in [6.45, 7) is 2.62. The van der Waals surface area contributed by atoms with Crippen LogP contribution in [0, 0.1) is 18.7 Å². The number of aryl methyl sites for hydroxylation is 1. The van der Waals surface area contributed by atoms with Gasteiger partial charge in [0.2, 0.25) is 0 Å². The maximum atomic E-state index is 13.4. The Hall–Kier alpha value is -1.83. The number of benzene rings is 1. The van der Waals surface area contributed by atoms with Gasteiger partial charge in [0.05, 0.1) is 0 Å². The molecule has 0 amide bonds. The van der Waals surface area contributed by atoms with E-state index in [0.717, 1.165) is 0 Å². The lowest BCUT2D eigenvalue weighted by molar-refractivity contribution is -0.155. The van der Waals surface area contributed by atoms with E-state index in [9.17, 15) is 17.6 Å². The number of rotatable bonds is 5. The number of nitrogens with two attached hydrogens (primary N) is 1. The molecule has 118 valence electrons. The van der Waals surface area contributed by atoms with Gasteiger partial charge in [0.15, 0.2) is 5.84 Å². The van der Waals surface area contributed by atoms with E-state index in [0.29, 0.717) is 11.1 Å². The average molecular weight is 307 g/mol. The van der Waals surface area contributed by atoms with Crippen molar-refractivity contribution in [1.29, 1.82) is 0 Å². The molecular weight excluding hydrogens is 290 g/mol. The zero-order valence-corrected chi connectivity index (χ0v) is 11.6. The van der Waals surface area contributed by atoms with Gasteiger partial charge in [-0.2, -0.15) is 13.2 Å². The van der Waals surface area contributed by atoms with Gasteiger partial charge in [-0.15, -0.1) is 0 Å². The molecule has 0 aliphatic heterocycles. The number of hydrogen-bond donors (Lipinski definition) is 3. The summed E-state index contributed by atoms with van der Waals surface area (Å²) in [5.74, 6) is -3.46. The summed E-state index contributed by atoms with van der Waals surface area (Å²) < 4.78 is 51.7. The fourth-order valence-electron chi connectivity index (χ4n) is 1.75. The lowest BCUT2D eigenvalue weighted by Crippen LogP contribution is -2.43. The monoisotopic (exact) mass is 307 g/mol. The standard InChI is InChI=1S/C13H17F4N3O/c1-7-3-4-9(5-11(7)14)8(2)19-6-10(12(18)20-21)13(15,16)17/h3-5,8,10,19,21H,6H2,1-2H3,(H2,18,20). The van der Waals surface area contributed by atoms with Crippen LogP contribution in [0.25, 0.3) is 0 Å². The van der Waals surface area contributed by atoms with Gasteiger partial charge in [0.25, 0.3) is 0 Å². The first kappa shape index (κ1) is 17.2. The summed E-state index contributed by atoms with van der Waals surface area (Å²) in [6.07, 6.45) is -4.64. The Bertz CT molecular complexity index is 517. The summed E-state index contributed by atoms with van der Waals surface area (Å²) in [7, 11) is 0. The third kappa shape index (κ3) is 4.59. The van der Waals surface area contributed by atoms with Gasteiger partial charge >= 0.3 is 6.18 Å². The Morgan fingerprint density at radius 3 is 2.52 bits per heavy atom. The van der Waals surface area contributed by atoms with Crippen LogP contribution in [0.15, 0.2) is 23.4 Å². The molecule has 1 rings (SSSR count). The minimum atomic E-state index is -4.64. The number of nitrogens with zero attached hydrogens (tertiary/aromatic N) is 1. The van der Waals surface area contributed by atoms with Gasteiger partial charge in [-0.05, 0) is 31.0 Å². The Labute approximate surface area is 119 Å². The zero-order chi connectivity index (χ0) is 16.2. The lowest BCUT2D eigenvalue weighted by Gasteiger charge is -2.22. The van der Waals surface area contributed by atoms with Crippen LogP contribution in [0.4, 0.5) is 17.6 Å². The molecule has 1 aromatic carbocycles. The topological polar surface area (TPSA) is 70.6 Å². The Kier molecular flexibility index (Phi) is 5.54. The first-order valence-corrected chi connectivity index (χ1v) is 6.20. The number of hydrogen-bond acceptors (Lipinski definition) is 3. The molecule has 4 N–H and O–H groups in total. The fourth-order valence-corrected chi connectivity index (χ4v) is 1.75. The molecule has 0 saturated heterocycles. The summed E-state index contributed by atoms with van der Waals surface area (Å²) in [6, 6.07) is 3.92. The van der Waals surface area contributed by atoms with E-state index in [-0.39, 0.29) is 0 Å². The van der Waals surface area contributed by atoms with Crippen molar-refractivity contribution in [2.75, 3.05) is 6.54 Å². The molecule has 0 bridgehead atoms. The second kappa shape index (κ2) is 6.75. The van der Waals surface area contributed by atoms with Crippen LogP contribution in [0.5, 0.6) is 0 Å². The summed E-state index contributed by atoms with van der Waals surface area (Å²) in [5, 5.41) is 13.4. The predicted molar refractivity (Wildman–Crippen MR) is 70.5 cm³/mol. The van der Waals surface area contributed by atoms with Crippen molar-refractivity contribution in [1.82, 2.24) is 5.32 Å². The normalized spacial score (nSPS) is 15.8. The molecule has 2 unspecified atom stereocenters. The Morgan fingerprint density at radius 2 is 2.05 bits per heavy atom. The van der Waals surface area contributed by atoms with Crippen molar-refractivity contribution in [3.63, 3.8) is 0 Å². The lowest BCUT2D eigenvalue weighted by atomic mass is 10.0. The van der Waals surface area contributed by atoms with Crippen LogP contribution in [0.2, 0.25) is 0 Å². The average Bonchev–Trinajstić information content (AvgIpc) is 2.39. The highest BCUT2D eigenvalue weighted by molar-refractivity contribution is 5.83. The summed E-state index contributed by atoms with van der Waals surface area (Å²) in [4.78, 5) is 0. The van der Waals surface area contributed by atoms with Gasteiger partial charge in [-0.3, -0.25) is 0 Å². The van der Waals surface area contributed by atoms with Crippen molar-refractivity contribution in [3.05, 3.63) is 35.1 Å². The maximum absolute atomic E-state index is 13.4. The van der Waals surface area contributed by atoms with E-state index < -0.39 is 36.3 Å². The van der Waals surface area contributed by atoms with Crippen LogP contribution >= 0.6 is 0 Å². The highest BCUT2D eigenvalue weighted by atomic mass is 19.4. The number of nitrogens with one attached hydrogen (secondary N) is 1. The van der Waals surface area contributed by atoms with E-state index in [2.05, 4.69) is 10.5 Å². The molecule has 4 nitrogen and oxygen atoms in total. The van der Waals surface area contributed by atoms with E-state index in [1.54, 1.807) is 26.0 Å². The molecule has 0 radical (unpaired) electrons. The molecule has 0 aliphatic rings. The van der Waals surface area contributed by atoms with Crippen LogP contribution < -0.4 is 11.1 Å². The first-order valence-electron chi connectivity index (χ1n) is 6.20. The van der Waals surface area contributed by atoms with Crippen molar-refractivity contribution in [2.24, 2.45) is 16.8 Å². The van der Waals surface area contributed by atoms with Gasteiger partial charge in [-0.1, -0.05) is 17.3 Å². The van der Waals surface area contributed by atoms with Gasteiger partial charge < -0.3 is 16.3 Å². The molecule has 0 heterocycles. The molecule has 21 heavy (non-hydrogen) atoms. The number of alkyl halides is 3. The van der Waals surface area contributed by atoms with Crippen molar-refractivity contribution < 1.29 is 22.8 Å². The molecule has 0 spiro atoms. The third-order valence-electron chi connectivity index (χ3n) is 3.19. The molecule has 0 aromatic heterocycles. The number of halogens is 4. The second-order valence-corrected chi connectivity index (χ2v) is 4.76. The van der Waals surface area contributed by atoms with Crippen molar-refractivity contribution in [2.45, 2.75) is 26.1 Å². The molecular formula is C13H17F4N3O. The van der Waals surface area contributed by atoms with E-state index >= 15 is 0 Å². The third-order valence-corrected chi connectivity index (χ3v) is 3.19. The fraction of sp³-hybridized carbons (Fsp3) is 0.462. The first-order chi connectivity index (χ1) is 9.66. The minimum absolute atomic E-state index is 0.426. The second-order valence-electron chi connectivity index (χ2n) is 4.76. The molecule has 2 atom stereocenters. The van der Waals surface area contributed by atoms with E-state index in [4.69, 9.17) is 10.9 Å². The van der Waals surface area contributed by atoms with Gasteiger partial charge in [0.1, 0.15) is 11.7 Å². The number of oxime groups is 1. The highest BCUT2D eigenvalue weighted by Crippen LogP contribution is 2.26. The molecule has 0 fully saturated rings. The Morgan fingerprint density at radius 1 is 1.43 bits per heavy atom. The predicted octanol–water partition coefficient (Wildman–Crippen LogP) is 2.71. The SMILES string of the molecule is Cc1ccc(C(C)NCC(/C(N)=N/O)C(F)(F)F)cc1F. The minimum Gasteiger partial charge on any atom is -0.409 e. The van der Waals surface area contributed by atoms with Gasteiger partial charge in [0, 0.05) is 12.6 Å². The van der Waals surface area contributed by atoms with Crippen molar-refractivity contribution in [3.8, 4) is 0 Å². The van der Waals surface area contributed by atoms with Crippen molar-refractivity contribution >= 4 is 5.84 Å². The quantitative estimate of drug-likeness (QED) is 0.257. The smallest absolute Gasteiger partial charge is 0.400 e. The van der Waals surface area contributed by atoms with Crippen LogP contribution in [-0.2, 0) is 0 Å². The summed E-state index contributed by atoms with van der Waals surface area (Å²) >= 11 is 0. The molecule has 8 heteroatoms. The molecule has 0 saturated carbocycles. The van der Waals surface area contributed by atoms with E-state index in [1.165, 1.54) is 6.07 Å². The molecule has 1 aromatic rings. The van der Waals surface area contributed by atoms with E-state index in [1.807, 2.05) is 0 Å². The summed E-state index contributed by atoms with van der Waals surface area (Å²) in [5.41, 5.74) is 6.02. The van der Waals surface area contributed by atoms with Crippen LogP contribution in [0.1, 0.15) is 24.1 Å². The Balaban J connectivity index is 2.78.